The molecule has 1 unspecified atom stereocenters. The van der Waals surface area contributed by atoms with Crippen LogP contribution in [0, 0.1) is 0 Å². The van der Waals surface area contributed by atoms with Crippen LogP contribution >= 0.6 is 23.4 Å². The highest BCUT2D eigenvalue weighted by Gasteiger charge is 2.42. The molecule has 0 aromatic heterocycles. The minimum atomic E-state index is -0.864. The number of likely N-dealkylation sites (tertiary alicyclic amines) is 1. The Balaban J connectivity index is 1.55. The summed E-state index contributed by atoms with van der Waals surface area (Å²) in [7, 11) is 0. The summed E-state index contributed by atoms with van der Waals surface area (Å²) in [5.74, 6) is -0.708. The lowest BCUT2D eigenvalue weighted by Gasteiger charge is -2.36. The van der Waals surface area contributed by atoms with E-state index in [-0.39, 0.29) is 30.3 Å². The summed E-state index contributed by atoms with van der Waals surface area (Å²) >= 11 is 7.67. The lowest BCUT2D eigenvalue weighted by molar-refractivity contribution is -0.136. The highest BCUT2D eigenvalue weighted by molar-refractivity contribution is 8.01. The fourth-order valence-corrected chi connectivity index (χ4v) is 6.09. The Hall–Kier alpha value is -1.73. The van der Waals surface area contributed by atoms with Crippen molar-refractivity contribution in [3.63, 3.8) is 0 Å². The second-order valence-corrected chi connectivity index (χ2v) is 9.85. The first-order valence-electron chi connectivity index (χ1n) is 10.9. The summed E-state index contributed by atoms with van der Waals surface area (Å²) in [5.41, 5.74) is 0.538. The third-order valence-corrected chi connectivity index (χ3v) is 7.65. The number of anilines is 1. The first-order chi connectivity index (χ1) is 14.5. The van der Waals surface area contributed by atoms with Crippen molar-refractivity contribution in [3.8, 4) is 0 Å². The van der Waals surface area contributed by atoms with E-state index in [9.17, 15) is 14.4 Å². The maximum atomic E-state index is 13.4. The minimum Gasteiger partial charge on any atom is -0.352 e. The lowest BCUT2D eigenvalue weighted by atomic mass is 9.95. The highest BCUT2D eigenvalue weighted by atomic mass is 35.5. The van der Waals surface area contributed by atoms with Crippen LogP contribution in [0.4, 0.5) is 5.69 Å². The summed E-state index contributed by atoms with van der Waals surface area (Å²) in [6, 6.07) is 5.55. The number of nitrogens with zero attached hydrogens (tertiary/aromatic N) is 2. The zero-order chi connectivity index (χ0) is 21.1. The molecule has 1 atom stereocenters. The molecule has 2 fully saturated rings. The third kappa shape index (κ3) is 4.62. The second kappa shape index (κ2) is 9.60. The molecule has 162 valence electrons. The van der Waals surface area contributed by atoms with Crippen LogP contribution in [0.25, 0.3) is 0 Å². The van der Waals surface area contributed by atoms with E-state index in [2.05, 4.69) is 5.32 Å². The van der Waals surface area contributed by atoms with Gasteiger partial charge in [-0.25, -0.2) is 0 Å². The van der Waals surface area contributed by atoms with E-state index in [1.165, 1.54) is 23.1 Å². The number of thioether (sulfide) groups is 1. The predicted octanol–water partition coefficient (Wildman–Crippen LogP) is 3.61. The zero-order valence-corrected chi connectivity index (χ0v) is 18.6. The molecule has 30 heavy (non-hydrogen) atoms. The van der Waals surface area contributed by atoms with Gasteiger partial charge in [0, 0.05) is 24.0 Å². The number of piperidine rings is 1. The van der Waals surface area contributed by atoms with E-state index in [0.717, 1.165) is 49.8 Å². The average Bonchev–Trinajstić information content (AvgIpc) is 2.76. The Bertz CT molecular complexity index is 822. The number of hydrogen-bond acceptors (Lipinski definition) is 4. The van der Waals surface area contributed by atoms with E-state index in [1.54, 1.807) is 11.0 Å². The van der Waals surface area contributed by atoms with Crippen LogP contribution in [-0.2, 0) is 14.4 Å². The van der Waals surface area contributed by atoms with Gasteiger partial charge in [-0.2, -0.15) is 0 Å². The summed E-state index contributed by atoms with van der Waals surface area (Å²) < 4.78 is 0. The fourth-order valence-electron chi connectivity index (χ4n) is 4.54. The maximum Gasteiger partial charge on any atom is 0.250 e. The van der Waals surface area contributed by atoms with E-state index < -0.39 is 5.25 Å². The quantitative estimate of drug-likeness (QED) is 0.713. The van der Waals surface area contributed by atoms with Crippen LogP contribution in [0.2, 0.25) is 5.02 Å². The van der Waals surface area contributed by atoms with Crippen molar-refractivity contribution in [1.29, 1.82) is 0 Å². The molecule has 1 N–H and O–H groups in total. The van der Waals surface area contributed by atoms with Crippen molar-refractivity contribution in [1.82, 2.24) is 10.2 Å². The van der Waals surface area contributed by atoms with Gasteiger partial charge in [-0.15, -0.1) is 11.8 Å². The summed E-state index contributed by atoms with van der Waals surface area (Å²) in [5, 5.41) is 2.62. The molecule has 3 aliphatic rings. The standard InChI is InChI=1S/C22H28ClN3O3S/c23-16-10-7-11-17-19(16)26(14-18(27)24-15-8-3-1-4-9-15)22(29)20(30-17)21(28)25-12-5-2-6-13-25/h7,10-11,15,20H,1-6,8-9,12-14H2,(H,24,27). The normalized spacial score (nSPS) is 22.6. The number of halogens is 1. The van der Waals surface area contributed by atoms with Gasteiger partial charge in [-0.05, 0) is 44.2 Å². The third-order valence-electron chi connectivity index (χ3n) is 6.12. The first-order valence-corrected chi connectivity index (χ1v) is 12.1. The molecule has 0 bridgehead atoms. The minimum absolute atomic E-state index is 0.115. The van der Waals surface area contributed by atoms with Crippen LogP contribution in [-0.4, -0.2) is 53.5 Å². The van der Waals surface area contributed by atoms with E-state index in [1.807, 2.05) is 12.1 Å². The molecule has 3 amide bonds. The molecular formula is C22H28ClN3O3S. The molecule has 0 spiro atoms. The number of nitrogens with one attached hydrogen (secondary N) is 1. The van der Waals surface area contributed by atoms with Gasteiger partial charge in [-0.1, -0.05) is 36.9 Å². The molecule has 2 heterocycles. The lowest BCUT2D eigenvalue weighted by Crippen LogP contribution is -2.53. The molecule has 1 saturated carbocycles. The largest absolute Gasteiger partial charge is 0.352 e. The molecule has 0 radical (unpaired) electrons. The predicted molar refractivity (Wildman–Crippen MR) is 119 cm³/mol. The smallest absolute Gasteiger partial charge is 0.250 e. The number of carbonyl (C=O) groups is 3. The molecule has 1 aromatic rings. The molecule has 1 aromatic carbocycles. The number of carbonyl (C=O) groups excluding carboxylic acids is 3. The molecule has 2 aliphatic heterocycles. The summed E-state index contributed by atoms with van der Waals surface area (Å²) in [4.78, 5) is 43.2. The Morgan fingerprint density at radius 1 is 1.07 bits per heavy atom. The van der Waals surface area contributed by atoms with Crippen LogP contribution in [0.5, 0.6) is 0 Å². The molecule has 6 nitrogen and oxygen atoms in total. The topological polar surface area (TPSA) is 69.7 Å². The van der Waals surface area contributed by atoms with Crippen LogP contribution in [0.1, 0.15) is 51.4 Å². The van der Waals surface area contributed by atoms with Crippen molar-refractivity contribution < 1.29 is 14.4 Å². The van der Waals surface area contributed by atoms with Crippen LogP contribution < -0.4 is 10.2 Å². The average molecular weight is 450 g/mol. The van der Waals surface area contributed by atoms with Gasteiger partial charge in [0.25, 0.3) is 5.91 Å². The van der Waals surface area contributed by atoms with Crippen molar-refractivity contribution in [2.75, 3.05) is 24.5 Å². The van der Waals surface area contributed by atoms with Gasteiger partial charge in [0.05, 0.1) is 10.7 Å². The Morgan fingerprint density at radius 3 is 2.50 bits per heavy atom. The maximum absolute atomic E-state index is 13.4. The number of fused-ring (bicyclic) bond motifs is 1. The van der Waals surface area contributed by atoms with Crippen molar-refractivity contribution in [2.24, 2.45) is 0 Å². The van der Waals surface area contributed by atoms with E-state index in [4.69, 9.17) is 11.6 Å². The summed E-state index contributed by atoms with van der Waals surface area (Å²) in [6.07, 6.45) is 8.43. The Morgan fingerprint density at radius 2 is 1.77 bits per heavy atom. The molecular weight excluding hydrogens is 422 g/mol. The Labute approximate surface area is 186 Å². The number of para-hydroxylation sites is 1. The Kier molecular flexibility index (Phi) is 6.88. The van der Waals surface area contributed by atoms with Crippen molar-refractivity contribution >= 4 is 46.8 Å². The van der Waals surface area contributed by atoms with E-state index >= 15 is 0 Å². The number of rotatable bonds is 4. The van der Waals surface area contributed by atoms with Gasteiger partial charge in [-0.3, -0.25) is 19.3 Å². The number of amides is 3. The number of benzene rings is 1. The molecule has 8 heteroatoms. The SMILES string of the molecule is O=C(CN1C(=O)C(C(=O)N2CCCCC2)Sc2cccc(Cl)c21)NC1CCCCC1. The van der Waals surface area contributed by atoms with E-state index in [0.29, 0.717) is 23.8 Å². The molecule has 1 saturated heterocycles. The second-order valence-electron chi connectivity index (χ2n) is 8.30. The molecule has 1 aliphatic carbocycles. The van der Waals surface area contributed by atoms with Crippen molar-refractivity contribution in [3.05, 3.63) is 23.2 Å². The number of hydrogen-bond donors (Lipinski definition) is 1. The highest BCUT2D eigenvalue weighted by Crippen LogP contribution is 2.43. The van der Waals surface area contributed by atoms with Crippen molar-refractivity contribution in [2.45, 2.75) is 67.6 Å². The van der Waals surface area contributed by atoms with Crippen LogP contribution in [0.3, 0.4) is 0 Å². The van der Waals surface area contributed by atoms with Gasteiger partial charge in [0.1, 0.15) is 6.54 Å². The van der Waals surface area contributed by atoms with Gasteiger partial charge in [0.15, 0.2) is 5.25 Å². The van der Waals surface area contributed by atoms with Crippen LogP contribution in [0.15, 0.2) is 23.1 Å². The van der Waals surface area contributed by atoms with Gasteiger partial charge < -0.3 is 10.2 Å². The van der Waals surface area contributed by atoms with Gasteiger partial charge >= 0.3 is 0 Å². The monoisotopic (exact) mass is 449 g/mol. The zero-order valence-electron chi connectivity index (χ0n) is 17.1. The first kappa shape index (κ1) is 21.5. The van der Waals surface area contributed by atoms with Gasteiger partial charge in [0.2, 0.25) is 11.8 Å². The molecule has 4 rings (SSSR count). The summed E-state index contributed by atoms with van der Waals surface area (Å²) in [6.45, 7) is 1.26. The fraction of sp³-hybridized carbons (Fsp3) is 0.591.